The number of carbonyl (C=O) groups excluding carboxylic acids is 1. The van der Waals surface area contributed by atoms with Crippen molar-refractivity contribution in [2.24, 2.45) is 10.4 Å². The second-order valence-electron chi connectivity index (χ2n) is 7.99. The summed E-state index contributed by atoms with van der Waals surface area (Å²) in [6.07, 6.45) is 2.90. The number of rotatable bonds is 4. The number of likely N-dealkylation sites (tertiary alicyclic amines) is 1. The van der Waals surface area contributed by atoms with Gasteiger partial charge in [-0.25, -0.2) is 0 Å². The highest BCUT2D eigenvalue weighted by Gasteiger charge is 2.42. The summed E-state index contributed by atoms with van der Waals surface area (Å²) in [4.78, 5) is 19.0. The summed E-state index contributed by atoms with van der Waals surface area (Å²) < 4.78 is 0. The van der Waals surface area contributed by atoms with Crippen LogP contribution < -0.4 is 10.6 Å². The van der Waals surface area contributed by atoms with Crippen LogP contribution in [0.1, 0.15) is 50.2 Å². The number of nitrogens with zero attached hydrogens (tertiary/aromatic N) is 2. The number of amides is 1. The number of aryl methyl sites for hydroxylation is 1. The molecule has 142 valence electrons. The molecule has 2 N–H and O–H groups in total. The van der Waals surface area contributed by atoms with Crippen molar-refractivity contribution in [1.29, 1.82) is 0 Å². The number of nitrogens with one attached hydrogen (secondary N) is 2. The summed E-state index contributed by atoms with van der Waals surface area (Å²) >= 11 is 0. The fraction of sp³-hybridized carbons (Fsp3) is 0.619. The number of hydrogen-bond donors (Lipinski definition) is 2. The van der Waals surface area contributed by atoms with E-state index in [0.29, 0.717) is 12.3 Å². The summed E-state index contributed by atoms with van der Waals surface area (Å²) in [6, 6.07) is 8.69. The van der Waals surface area contributed by atoms with Gasteiger partial charge in [-0.1, -0.05) is 36.8 Å². The van der Waals surface area contributed by atoms with E-state index in [0.717, 1.165) is 51.5 Å². The van der Waals surface area contributed by atoms with Crippen molar-refractivity contribution in [3.63, 3.8) is 0 Å². The molecule has 1 aromatic carbocycles. The number of benzene rings is 1. The summed E-state index contributed by atoms with van der Waals surface area (Å²) in [5.41, 5.74) is 2.72. The molecule has 1 amide bonds. The molecule has 0 radical (unpaired) electrons. The van der Waals surface area contributed by atoms with Crippen LogP contribution in [0.25, 0.3) is 0 Å². The van der Waals surface area contributed by atoms with E-state index in [2.05, 4.69) is 60.6 Å². The van der Waals surface area contributed by atoms with Crippen LogP contribution in [0.5, 0.6) is 0 Å². The van der Waals surface area contributed by atoms with Gasteiger partial charge in [0.05, 0.1) is 0 Å². The van der Waals surface area contributed by atoms with Crippen molar-refractivity contribution in [2.45, 2.75) is 46.0 Å². The second kappa shape index (κ2) is 8.11. The van der Waals surface area contributed by atoms with E-state index in [4.69, 9.17) is 4.99 Å². The van der Waals surface area contributed by atoms with Gasteiger partial charge in [0.25, 0.3) is 0 Å². The maximum Gasteiger partial charge on any atom is 0.220 e. The zero-order valence-corrected chi connectivity index (χ0v) is 16.3. The van der Waals surface area contributed by atoms with Gasteiger partial charge < -0.3 is 15.5 Å². The molecule has 2 unspecified atom stereocenters. The molecular weight excluding hydrogens is 324 g/mol. The maximum atomic E-state index is 11.7. The topological polar surface area (TPSA) is 56.7 Å². The van der Waals surface area contributed by atoms with E-state index in [1.54, 1.807) is 0 Å². The van der Waals surface area contributed by atoms with Crippen LogP contribution in [-0.2, 0) is 4.79 Å². The third-order valence-corrected chi connectivity index (χ3v) is 5.62. The van der Waals surface area contributed by atoms with Crippen LogP contribution in [0, 0.1) is 12.3 Å². The van der Waals surface area contributed by atoms with E-state index in [9.17, 15) is 4.79 Å². The predicted octanol–water partition coefficient (Wildman–Crippen LogP) is 2.67. The van der Waals surface area contributed by atoms with E-state index >= 15 is 0 Å². The third-order valence-electron chi connectivity index (χ3n) is 5.62. The molecule has 2 fully saturated rings. The highest BCUT2D eigenvalue weighted by molar-refractivity contribution is 5.81. The highest BCUT2D eigenvalue weighted by atomic mass is 16.1. The highest BCUT2D eigenvalue weighted by Crippen LogP contribution is 2.36. The van der Waals surface area contributed by atoms with Gasteiger partial charge in [0.15, 0.2) is 5.96 Å². The molecule has 0 aliphatic carbocycles. The molecular formula is C21H32N4O. The predicted molar refractivity (Wildman–Crippen MR) is 106 cm³/mol. The fourth-order valence-electron chi connectivity index (χ4n) is 4.16. The lowest BCUT2D eigenvalue weighted by molar-refractivity contribution is -0.119. The van der Waals surface area contributed by atoms with Crippen molar-refractivity contribution in [1.82, 2.24) is 15.5 Å². The molecule has 2 heterocycles. The van der Waals surface area contributed by atoms with Crippen LogP contribution in [0.15, 0.2) is 29.3 Å². The molecule has 2 aliphatic rings. The zero-order chi connectivity index (χ0) is 18.6. The van der Waals surface area contributed by atoms with Gasteiger partial charge in [-0.15, -0.1) is 0 Å². The monoisotopic (exact) mass is 356 g/mol. The fourth-order valence-corrected chi connectivity index (χ4v) is 4.16. The second-order valence-corrected chi connectivity index (χ2v) is 7.99. The number of guanidine groups is 1. The Morgan fingerprint density at radius 1 is 1.46 bits per heavy atom. The summed E-state index contributed by atoms with van der Waals surface area (Å²) in [5, 5.41) is 6.48. The van der Waals surface area contributed by atoms with E-state index in [1.165, 1.54) is 11.1 Å². The van der Waals surface area contributed by atoms with Crippen molar-refractivity contribution in [2.75, 3.05) is 32.7 Å². The lowest BCUT2D eigenvalue weighted by atomic mass is 9.79. The lowest BCUT2D eigenvalue weighted by Crippen LogP contribution is -2.51. The van der Waals surface area contributed by atoms with Gasteiger partial charge in [-0.05, 0) is 32.3 Å². The minimum atomic E-state index is 0.0910. The van der Waals surface area contributed by atoms with Gasteiger partial charge in [-0.3, -0.25) is 9.79 Å². The van der Waals surface area contributed by atoms with Gasteiger partial charge in [0.1, 0.15) is 0 Å². The molecule has 0 aromatic heterocycles. The first-order valence-corrected chi connectivity index (χ1v) is 9.88. The molecule has 0 bridgehead atoms. The quantitative estimate of drug-likeness (QED) is 0.644. The normalized spacial score (nSPS) is 24.7. The Kier molecular flexibility index (Phi) is 5.84. The molecule has 5 heteroatoms. The van der Waals surface area contributed by atoms with Crippen LogP contribution in [0.3, 0.4) is 0 Å². The van der Waals surface area contributed by atoms with E-state index in [1.807, 2.05) is 0 Å². The van der Waals surface area contributed by atoms with Gasteiger partial charge >= 0.3 is 0 Å². The largest absolute Gasteiger partial charge is 0.357 e. The lowest BCUT2D eigenvalue weighted by Gasteiger charge is -2.41. The Morgan fingerprint density at radius 3 is 3.00 bits per heavy atom. The molecule has 5 nitrogen and oxygen atoms in total. The van der Waals surface area contributed by atoms with Gasteiger partial charge in [0, 0.05) is 50.5 Å². The molecule has 3 rings (SSSR count). The van der Waals surface area contributed by atoms with Crippen molar-refractivity contribution < 1.29 is 4.79 Å². The molecule has 2 saturated heterocycles. The Morgan fingerprint density at radius 2 is 2.31 bits per heavy atom. The van der Waals surface area contributed by atoms with Crippen LogP contribution in [0.2, 0.25) is 0 Å². The van der Waals surface area contributed by atoms with Crippen molar-refractivity contribution >= 4 is 11.9 Å². The SMILES string of the molecule is CCNC(=NCC(C)c1cccc(C)c1)N1CCCC2(CNC(=O)C2)C1. The van der Waals surface area contributed by atoms with Crippen molar-refractivity contribution in [3.8, 4) is 0 Å². The molecule has 2 aliphatic heterocycles. The van der Waals surface area contributed by atoms with Crippen LogP contribution >= 0.6 is 0 Å². The number of hydrogen-bond acceptors (Lipinski definition) is 2. The zero-order valence-electron chi connectivity index (χ0n) is 16.3. The van der Waals surface area contributed by atoms with Crippen molar-refractivity contribution in [3.05, 3.63) is 35.4 Å². The molecule has 2 atom stereocenters. The maximum absolute atomic E-state index is 11.7. The molecule has 1 aromatic rings. The third kappa shape index (κ3) is 4.37. The summed E-state index contributed by atoms with van der Waals surface area (Å²) in [7, 11) is 0. The number of piperidine rings is 1. The van der Waals surface area contributed by atoms with E-state index in [-0.39, 0.29) is 11.3 Å². The van der Waals surface area contributed by atoms with Crippen LogP contribution in [0.4, 0.5) is 0 Å². The first-order chi connectivity index (χ1) is 12.5. The molecule has 0 saturated carbocycles. The standard InChI is InChI=1S/C21H32N4O/c1-4-22-20(23-13-17(3)18-8-5-7-16(2)11-18)25-10-6-9-21(15-25)12-19(26)24-14-21/h5,7-8,11,17H,4,6,9-10,12-15H2,1-3H3,(H,22,23)(H,24,26). The molecule has 1 spiro atoms. The Hall–Kier alpha value is -2.04. The number of carbonyl (C=O) groups is 1. The van der Waals surface area contributed by atoms with Crippen LogP contribution in [-0.4, -0.2) is 49.5 Å². The Labute approximate surface area is 157 Å². The Balaban J connectivity index is 1.69. The smallest absolute Gasteiger partial charge is 0.220 e. The average Bonchev–Trinajstić information content (AvgIpc) is 2.98. The summed E-state index contributed by atoms with van der Waals surface area (Å²) in [6.45, 7) is 10.8. The minimum absolute atomic E-state index is 0.0910. The number of aliphatic imine (C=N–C) groups is 1. The Bertz CT molecular complexity index is 672. The van der Waals surface area contributed by atoms with E-state index < -0.39 is 0 Å². The van der Waals surface area contributed by atoms with Gasteiger partial charge in [0.2, 0.25) is 5.91 Å². The summed E-state index contributed by atoms with van der Waals surface area (Å²) in [5.74, 6) is 1.57. The molecule has 26 heavy (non-hydrogen) atoms. The first kappa shape index (κ1) is 18.7. The minimum Gasteiger partial charge on any atom is -0.357 e. The average molecular weight is 357 g/mol. The first-order valence-electron chi connectivity index (χ1n) is 9.88. The van der Waals surface area contributed by atoms with Gasteiger partial charge in [-0.2, -0.15) is 0 Å².